The summed E-state index contributed by atoms with van der Waals surface area (Å²) in [6.07, 6.45) is 6.29. The second-order valence-electron chi connectivity index (χ2n) is 5.46. The topological polar surface area (TPSA) is 62.4 Å². The average molecular weight is 271 g/mol. The third-order valence-electron chi connectivity index (χ3n) is 4.15. The first kappa shape index (κ1) is 13.2. The van der Waals surface area contributed by atoms with E-state index in [0.29, 0.717) is 5.69 Å². The summed E-state index contributed by atoms with van der Waals surface area (Å²) in [7, 11) is 0. The maximum Gasteiger partial charge on any atom is 0.0745 e. The molecule has 0 spiro atoms. The molecule has 3 rings (SSSR count). The average Bonchev–Trinajstić information content (AvgIpc) is 2.72. The minimum absolute atomic E-state index is 0.158. The van der Waals surface area contributed by atoms with E-state index in [2.05, 4.69) is 16.0 Å². The van der Waals surface area contributed by atoms with Crippen LogP contribution in [-0.4, -0.2) is 29.3 Å². The molecule has 4 heteroatoms. The van der Waals surface area contributed by atoms with Crippen molar-refractivity contribution in [2.75, 3.05) is 23.8 Å². The van der Waals surface area contributed by atoms with Crippen LogP contribution >= 0.6 is 0 Å². The molecule has 0 bridgehead atoms. The Balaban J connectivity index is 2.13. The van der Waals surface area contributed by atoms with Crippen molar-refractivity contribution < 1.29 is 5.11 Å². The fourth-order valence-electron chi connectivity index (χ4n) is 3.12. The number of nitrogens with zero attached hydrogens (tertiary/aromatic N) is 2. The minimum atomic E-state index is 0.158. The van der Waals surface area contributed by atoms with Crippen molar-refractivity contribution in [2.24, 2.45) is 0 Å². The van der Waals surface area contributed by atoms with Crippen molar-refractivity contribution in [1.29, 1.82) is 0 Å². The molecule has 0 amide bonds. The number of fused-ring (bicyclic) bond motifs is 1. The van der Waals surface area contributed by atoms with Gasteiger partial charge < -0.3 is 15.7 Å². The lowest BCUT2D eigenvalue weighted by molar-refractivity contribution is 0.255. The van der Waals surface area contributed by atoms with Crippen molar-refractivity contribution in [2.45, 2.75) is 31.7 Å². The van der Waals surface area contributed by atoms with Crippen molar-refractivity contribution in [3.8, 4) is 0 Å². The van der Waals surface area contributed by atoms with Gasteiger partial charge in [-0.15, -0.1) is 0 Å². The molecule has 106 valence electrons. The third-order valence-corrected chi connectivity index (χ3v) is 4.15. The van der Waals surface area contributed by atoms with E-state index in [1.54, 1.807) is 6.20 Å². The number of benzene rings is 1. The standard InChI is InChI=1S/C16H21N3O/c17-14-10-18-15-8-4-3-7-13(15)16(14)19-9-5-1-2-6-12(19)11-20/h3-4,7-8,10,12,20H,1-2,5-6,9,11,17H2. The first-order chi connectivity index (χ1) is 9.81. The van der Waals surface area contributed by atoms with Crippen LogP contribution in [-0.2, 0) is 0 Å². The molecule has 0 aliphatic carbocycles. The van der Waals surface area contributed by atoms with Crippen LogP contribution in [0.25, 0.3) is 10.9 Å². The maximum atomic E-state index is 9.71. The monoisotopic (exact) mass is 271 g/mol. The first-order valence-electron chi connectivity index (χ1n) is 7.32. The van der Waals surface area contributed by atoms with Crippen LogP contribution in [0.2, 0.25) is 0 Å². The zero-order valence-electron chi connectivity index (χ0n) is 11.6. The van der Waals surface area contributed by atoms with Gasteiger partial charge in [-0.25, -0.2) is 0 Å². The normalized spacial score (nSPS) is 20.1. The summed E-state index contributed by atoms with van der Waals surface area (Å²) < 4.78 is 0. The van der Waals surface area contributed by atoms with Gasteiger partial charge in [-0.1, -0.05) is 31.0 Å². The van der Waals surface area contributed by atoms with Crippen molar-refractivity contribution in [1.82, 2.24) is 4.98 Å². The fraction of sp³-hybridized carbons (Fsp3) is 0.438. The molecule has 1 aromatic heterocycles. The number of anilines is 2. The lowest BCUT2D eigenvalue weighted by Crippen LogP contribution is -2.38. The quantitative estimate of drug-likeness (QED) is 0.881. The summed E-state index contributed by atoms with van der Waals surface area (Å²) in [5.41, 5.74) is 8.89. The zero-order valence-corrected chi connectivity index (χ0v) is 11.6. The molecular weight excluding hydrogens is 250 g/mol. The van der Waals surface area contributed by atoms with Crippen molar-refractivity contribution in [3.63, 3.8) is 0 Å². The largest absolute Gasteiger partial charge is 0.396 e. The smallest absolute Gasteiger partial charge is 0.0745 e. The summed E-state index contributed by atoms with van der Waals surface area (Å²) >= 11 is 0. The molecule has 3 N–H and O–H groups in total. The summed E-state index contributed by atoms with van der Waals surface area (Å²) in [5.74, 6) is 0. The fourth-order valence-corrected chi connectivity index (χ4v) is 3.12. The molecule has 4 nitrogen and oxygen atoms in total. The summed E-state index contributed by atoms with van der Waals surface area (Å²) in [4.78, 5) is 6.68. The number of aliphatic hydroxyl groups excluding tert-OH is 1. The number of para-hydroxylation sites is 1. The molecule has 1 aliphatic heterocycles. The van der Waals surface area contributed by atoms with Gasteiger partial charge in [-0.05, 0) is 18.9 Å². The molecule has 1 atom stereocenters. The zero-order chi connectivity index (χ0) is 13.9. The van der Waals surface area contributed by atoms with E-state index in [0.717, 1.165) is 36.0 Å². The number of aromatic nitrogens is 1. The van der Waals surface area contributed by atoms with Gasteiger partial charge in [-0.2, -0.15) is 0 Å². The van der Waals surface area contributed by atoms with Gasteiger partial charge in [-0.3, -0.25) is 4.98 Å². The number of aliphatic hydroxyl groups is 1. The highest BCUT2D eigenvalue weighted by Gasteiger charge is 2.23. The molecule has 1 aliphatic rings. The lowest BCUT2D eigenvalue weighted by atomic mass is 10.1. The predicted molar refractivity (Wildman–Crippen MR) is 82.8 cm³/mol. The molecule has 0 saturated carbocycles. The van der Waals surface area contributed by atoms with E-state index in [1.165, 1.54) is 12.8 Å². The number of rotatable bonds is 2. The molecule has 1 fully saturated rings. The minimum Gasteiger partial charge on any atom is -0.396 e. The van der Waals surface area contributed by atoms with Gasteiger partial charge in [0.1, 0.15) is 0 Å². The second-order valence-corrected chi connectivity index (χ2v) is 5.46. The van der Waals surface area contributed by atoms with E-state index < -0.39 is 0 Å². The first-order valence-corrected chi connectivity index (χ1v) is 7.32. The van der Waals surface area contributed by atoms with E-state index in [4.69, 9.17) is 5.73 Å². The number of hydrogen-bond acceptors (Lipinski definition) is 4. The van der Waals surface area contributed by atoms with Gasteiger partial charge in [0, 0.05) is 11.9 Å². The van der Waals surface area contributed by atoms with E-state index in [1.807, 2.05) is 18.2 Å². The molecule has 2 heterocycles. The number of nitrogen functional groups attached to an aromatic ring is 1. The molecule has 1 saturated heterocycles. The van der Waals surface area contributed by atoms with E-state index in [9.17, 15) is 5.11 Å². The Labute approximate surface area is 119 Å². The highest BCUT2D eigenvalue weighted by molar-refractivity contribution is 5.97. The molecule has 1 unspecified atom stereocenters. The Morgan fingerprint density at radius 2 is 2.10 bits per heavy atom. The number of pyridine rings is 1. The van der Waals surface area contributed by atoms with Gasteiger partial charge in [0.05, 0.1) is 35.7 Å². The molecule has 0 radical (unpaired) electrons. The van der Waals surface area contributed by atoms with Crippen LogP contribution in [0.15, 0.2) is 30.5 Å². The van der Waals surface area contributed by atoms with Crippen LogP contribution in [0, 0.1) is 0 Å². The number of hydrogen-bond donors (Lipinski definition) is 2. The SMILES string of the molecule is Nc1cnc2ccccc2c1N1CCCCCC1CO. The Kier molecular flexibility index (Phi) is 3.74. The molecular formula is C16H21N3O. The van der Waals surface area contributed by atoms with Gasteiger partial charge in [0.25, 0.3) is 0 Å². The second kappa shape index (κ2) is 5.67. The predicted octanol–water partition coefficient (Wildman–Crippen LogP) is 2.56. The van der Waals surface area contributed by atoms with Crippen LogP contribution in [0.4, 0.5) is 11.4 Å². The highest BCUT2D eigenvalue weighted by Crippen LogP contribution is 2.34. The van der Waals surface area contributed by atoms with E-state index >= 15 is 0 Å². The molecule has 2 aromatic rings. The van der Waals surface area contributed by atoms with Crippen LogP contribution in [0.1, 0.15) is 25.7 Å². The highest BCUT2D eigenvalue weighted by atomic mass is 16.3. The Morgan fingerprint density at radius 1 is 1.25 bits per heavy atom. The third kappa shape index (κ3) is 2.31. The maximum absolute atomic E-state index is 9.71. The van der Waals surface area contributed by atoms with Crippen LogP contribution in [0.3, 0.4) is 0 Å². The van der Waals surface area contributed by atoms with Crippen LogP contribution in [0.5, 0.6) is 0 Å². The molecule has 20 heavy (non-hydrogen) atoms. The van der Waals surface area contributed by atoms with Gasteiger partial charge in [0.2, 0.25) is 0 Å². The lowest BCUT2D eigenvalue weighted by Gasteiger charge is -2.32. The Hall–Kier alpha value is -1.81. The van der Waals surface area contributed by atoms with Crippen molar-refractivity contribution in [3.05, 3.63) is 30.5 Å². The van der Waals surface area contributed by atoms with Gasteiger partial charge >= 0.3 is 0 Å². The Morgan fingerprint density at radius 3 is 2.95 bits per heavy atom. The summed E-state index contributed by atoms with van der Waals surface area (Å²) in [5, 5.41) is 10.8. The van der Waals surface area contributed by atoms with Crippen LogP contribution < -0.4 is 10.6 Å². The molecule has 1 aromatic carbocycles. The summed E-state index contributed by atoms with van der Waals surface area (Å²) in [6, 6.07) is 8.22. The van der Waals surface area contributed by atoms with E-state index in [-0.39, 0.29) is 12.6 Å². The van der Waals surface area contributed by atoms with Crippen molar-refractivity contribution >= 4 is 22.3 Å². The number of nitrogens with two attached hydrogens (primary N) is 1. The van der Waals surface area contributed by atoms with Gasteiger partial charge in [0.15, 0.2) is 0 Å². The summed E-state index contributed by atoms with van der Waals surface area (Å²) in [6.45, 7) is 1.12. The Bertz CT molecular complexity index is 599.